The monoisotopic (exact) mass is 345 g/mol. The van der Waals surface area contributed by atoms with Crippen LogP contribution in [0.4, 0.5) is 0 Å². The van der Waals surface area contributed by atoms with Crippen molar-refractivity contribution in [3.8, 4) is 22.8 Å². The number of nitrogens with zero attached hydrogens (tertiary/aromatic N) is 1. The van der Waals surface area contributed by atoms with Crippen LogP contribution < -0.4 is 14.8 Å². The van der Waals surface area contributed by atoms with E-state index in [-0.39, 0.29) is 17.6 Å². The molecule has 2 aromatic rings. The van der Waals surface area contributed by atoms with Gasteiger partial charge in [0.1, 0.15) is 5.69 Å². The number of aromatic amines is 1. The second-order valence-electron chi connectivity index (χ2n) is 6.68. The van der Waals surface area contributed by atoms with Gasteiger partial charge in [0.05, 0.1) is 38.2 Å². The zero-order valence-electron chi connectivity index (χ0n) is 14.9. The van der Waals surface area contributed by atoms with E-state index in [1.165, 1.54) is 0 Å². The molecule has 3 rings (SSSR count). The van der Waals surface area contributed by atoms with Crippen molar-refractivity contribution in [1.29, 1.82) is 0 Å². The highest BCUT2D eigenvalue weighted by Crippen LogP contribution is 2.31. The van der Waals surface area contributed by atoms with Crippen LogP contribution in [0.15, 0.2) is 24.3 Å². The molecule has 2 N–H and O–H groups in total. The van der Waals surface area contributed by atoms with Gasteiger partial charge >= 0.3 is 0 Å². The highest BCUT2D eigenvalue weighted by Gasteiger charge is 2.33. The van der Waals surface area contributed by atoms with E-state index < -0.39 is 0 Å². The predicted octanol–water partition coefficient (Wildman–Crippen LogP) is 2.39. The molecule has 0 saturated carbocycles. The molecule has 25 heavy (non-hydrogen) atoms. The molecule has 1 saturated heterocycles. The fraction of sp³-hybridized carbons (Fsp3) is 0.444. The Labute approximate surface area is 146 Å². The van der Waals surface area contributed by atoms with Crippen LogP contribution in [0.2, 0.25) is 0 Å². The molecule has 1 aliphatic rings. The maximum Gasteiger partial charge on any atom is 0.269 e. The fourth-order valence-electron chi connectivity index (χ4n) is 2.97. The van der Waals surface area contributed by atoms with Crippen molar-refractivity contribution in [2.45, 2.75) is 31.9 Å². The van der Waals surface area contributed by atoms with Crippen LogP contribution in [0.1, 0.15) is 30.8 Å². The first-order valence-corrected chi connectivity index (χ1v) is 8.14. The third-order valence-corrected chi connectivity index (χ3v) is 4.25. The largest absolute Gasteiger partial charge is 0.493 e. The van der Waals surface area contributed by atoms with Crippen LogP contribution in [0.3, 0.4) is 0 Å². The van der Waals surface area contributed by atoms with Crippen molar-refractivity contribution in [3.63, 3.8) is 0 Å². The lowest BCUT2D eigenvalue weighted by atomic mass is 10.0. The van der Waals surface area contributed by atoms with Gasteiger partial charge in [0, 0.05) is 5.56 Å². The molecule has 1 fully saturated rings. The number of nitrogens with one attached hydrogen (secondary N) is 2. The molecular formula is C18H23N3O4. The minimum atomic E-state index is -0.198. The van der Waals surface area contributed by atoms with Crippen molar-refractivity contribution in [1.82, 2.24) is 15.5 Å². The van der Waals surface area contributed by atoms with Crippen LogP contribution in [-0.2, 0) is 4.74 Å². The normalized spacial score (nSPS) is 18.8. The topological polar surface area (TPSA) is 85.5 Å². The number of carbonyl (C=O) groups is 1. The van der Waals surface area contributed by atoms with E-state index >= 15 is 0 Å². The molecule has 134 valence electrons. The van der Waals surface area contributed by atoms with Gasteiger partial charge in [-0.25, -0.2) is 0 Å². The number of amides is 1. The maximum atomic E-state index is 12.4. The van der Waals surface area contributed by atoms with Crippen molar-refractivity contribution in [2.75, 3.05) is 20.8 Å². The molecule has 1 atom stereocenters. The molecule has 1 amide bonds. The third kappa shape index (κ3) is 3.76. The Morgan fingerprint density at radius 2 is 2.04 bits per heavy atom. The van der Waals surface area contributed by atoms with E-state index in [4.69, 9.17) is 14.2 Å². The van der Waals surface area contributed by atoms with E-state index in [1.54, 1.807) is 26.4 Å². The van der Waals surface area contributed by atoms with Crippen molar-refractivity contribution in [2.24, 2.45) is 0 Å². The lowest BCUT2D eigenvalue weighted by Crippen LogP contribution is -2.36. The molecule has 7 nitrogen and oxygen atoms in total. The summed E-state index contributed by atoms with van der Waals surface area (Å²) < 4.78 is 16.2. The van der Waals surface area contributed by atoms with Gasteiger partial charge in [0.2, 0.25) is 0 Å². The number of hydrogen-bond acceptors (Lipinski definition) is 5. The Kier molecular flexibility index (Phi) is 4.67. The van der Waals surface area contributed by atoms with Crippen molar-refractivity contribution < 1.29 is 19.0 Å². The van der Waals surface area contributed by atoms with Crippen LogP contribution in [0.25, 0.3) is 11.3 Å². The number of aromatic nitrogens is 2. The summed E-state index contributed by atoms with van der Waals surface area (Å²) in [5.41, 5.74) is 1.71. The second kappa shape index (κ2) is 6.76. The zero-order chi connectivity index (χ0) is 18.0. The number of ether oxygens (including phenoxy) is 3. The smallest absolute Gasteiger partial charge is 0.269 e. The Morgan fingerprint density at radius 3 is 2.68 bits per heavy atom. The van der Waals surface area contributed by atoms with Crippen LogP contribution >= 0.6 is 0 Å². The van der Waals surface area contributed by atoms with Crippen LogP contribution in [0.5, 0.6) is 11.5 Å². The van der Waals surface area contributed by atoms with E-state index in [2.05, 4.69) is 15.5 Å². The Bertz CT molecular complexity index is 769. The number of hydrogen-bond donors (Lipinski definition) is 2. The lowest BCUT2D eigenvalue weighted by molar-refractivity contribution is 0.0355. The van der Waals surface area contributed by atoms with Gasteiger partial charge in [0.25, 0.3) is 5.91 Å². The van der Waals surface area contributed by atoms with Crippen molar-refractivity contribution in [3.05, 3.63) is 30.0 Å². The first-order valence-electron chi connectivity index (χ1n) is 8.14. The number of H-pyrrole nitrogens is 1. The summed E-state index contributed by atoms with van der Waals surface area (Å²) in [7, 11) is 3.17. The van der Waals surface area contributed by atoms with E-state index in [9.17, 15) is 4.79 Å². The molecule has 2 heterocycles. The van der Waals surface area contributed by atoms with Gasteiger partial charge in [-0.05, 0) is 44.5 Å². The average molecular weight is 345 g/mol. The Morgan fingerprint density at radius 1 is 1.28 bits per heavy atom. The van der Waals surface area contributed by atoms with Crippen molar-refractivity contribution >= 4 is 5.91 Å². The Hall–Kier alpha value is -2.54. The SMILES string of the molecule is COc1ccc(-c2cc(C(=O)NC3COC(C)(C)C3)[nH]n2)cc1OC. The van der Waals surface area contributed by atoms with E-state index in [0.29, 0.717) is 29.5 Å². The van der Waals surface area contributed by atoms with Gasteiger partial charge in [-0.2, -0.15) is 5.10 Å². The molecule has 1 aliphatic heterocycles. The summed E-state index contributed by atoms with van der Waals surface area (Å²) in [4.78, 5) is 12.4. The number of methoxy groups -OCH3 is 2. The van der Waals surface area contributed by atoms with Gasteiger partial charge in [-0.1, -0.05) is 0 Å². The summed E-state index contributed by atoms with van der Waals surface area (Å²) in [6.07, 6.45) is 0.787. The summed E-state index contributed by atoms with van der Waals surface area (Å²) in [5.74, 6) is 1.06. The first kappa shape index (κ1) is 17.3. The maximum absolute atomic E-state index is 12.4. The van der Waals surface area contributed by atoms with Crippen LogP contribution in [0, 0.1) is 0 Å². The standard InChI is InChI=1S/C18H23N3O4/c1-18(2)9-12(10-25-18)19-17(22)14-8-13(20-21-14)11-5-6-15(23-3)16(7-11)24-4/h5-8,12H,9-10H2,1-4H3,(H,19,22)(H,20,21). The molecule has 1 aromatic carbocycles. The average Bonchev–Trinajstić information content (AvgIpc) is 3.21. The molecule has 0 spiro atoms. The summed E-state index contributed by atoms with van der Waals surface area (Å²) >= 11 is 0. The molecular weight excluding hydrogens is 322 g/mol. The van der Waals surface area contributed by atoms with E-state index in [0.717, 1.165) is 12.0 Å². The molecule has 0 bridgehead atoms. The third-order valence-electron chi connectivity index (χ3n) is 4.25. The summed E-state index contributed by atoms with van der Waals surface area (Å²) in [5, 5.41) is 9.99. The predicted molar refractivity (Wildman–Crippen MR) is 93.0 cm³/mol. The molecule has 0 radical (unpaired) electrons. The quantitative estimate of drug-likeness (QED) is 0.869. The lowest BCUT2D eigenvalue weighted by Gasteiger charge is -2.15. The van der Waals surface area contributed by atoms with E-state index in [1.807, 2.05) is 26.0 Å². The van der Waals surface area contributed by atoms with Crippen LogP contribution in [-0.4, -0.2) is 48.6 Å². The van der Waals surface area contributed by atoms with Gasteiger partial charge in [-0.3, -0.25) is 9.89 Å². The fourth-order valence-corrected chi connectivity index (χ4v) is 2.97. The first-order chi connectivity index (χ1) is 11.9. The van der Waals surface area contributed by atoms with Gasteiger partial charge < -0.3 is 19.5 Å². The Balaban J connectivity index is 1.73. The zero-order valence-corrected chi connectivity index (χ0v) is 14.9. The molecule has 1 aromatic heterocycles. The summed E-state index contributed by atoms with van der Waals surface area (Å²) in [6, 6.07) is 7.23. The molecule has 7 heteroatoms. The number of carbonyl (C=O) groups excluding carboxylic acids is 1. The molecule has 0 aliphatic carbocycles. The minimum absolute atomic E-state index is 0.00957. The highest BCUT2D eigenvalue weighted by atomic mass is 16.5. The number of benzene rings is 1. The highest BCUT2D eigenvalue weighted by molar-refractivity contribution is 5.93. The summed E-state index contributed by atoms with van der Waals surface area (Å²) in [6.45, 7) is 4.56. The number of rotatable bonds is 5. The van der Waals surface area contributed by atoms with Gasteiger partial charge in [0.15, 0.2) is 11.5 Å². The minimum Gasteiger partial charge on any atom is -0.493 e. The molecule has 1 unspecified atom stereocenters. The van der Waals surface area contributed by atoms with Gasteiger partial charge in [-0.15, -0.1) is 0 Å². The second-order valence-corrected chi connectivity index (χ2v) is 6.68.